The van der Waals surface area contributed by atoms with Crippen molar-refractivity contribution in [3.8, 4) is 0 Å². The highest BCUT2D eigenvalue weighted by Gasteiger charge is 2.01. The Morgan fingerprint density at radius 1 is 0.875 bits per heavy atom. The lowest BCUT2D eigenvalue weighted by molar-refractivity contribution is 0.104. The van der Waals surface area contributed by atoms with Crippen LogP contribution in [-0.2, 0) is 0 Å². The average Bonchev–Trinajstić information content (AvgIpc) is 2.60. The van der Waals surface area contributed by atoms with Crippen molar-refractivity contribution in [2.24, 2.45) is 0 Å². The molecule has 0 heterocycles. The average molecular weight is 330 g/mol. The summed E-state index contributed by atoms with van der Waals surface area (Å²) < 4.78 is 0. The molecule has 0 atom stereocenters. The van der Waals surface area contributed by atoms with Gasteiger partial charge < -0.3 is 5.32 Å². The number of rotatable bonds is 14. The minimum Gasteiger partial charge on any atom is -0.388 e. The summed E-state index contributed by atoms with van der Waals surface area (Å²) in [6.07, 6.45) is 15.2. The Hall–Kier alpha value is -1.57. The Morgan fingerprint density at radius 3 is 2.00 bits per heavy atom. The van der Waals surface area contributed by atoms with E-state index in [0.29, 0.717) is 0 Å². The molecule has 0 spiro atoms. The van der Waals surface area contributed by atoms with Gasteiger partial charge in [-0.3, -0.25) is 4.79 Å². The Labute approximate surface area is 148 Å². The van der Waals surface area contributed by atoms with Gasteiger partial charge in [-0.2, -0.15) is 0 Å². The van der Waals surface area contributed by atoms with E-state index in [1.54, 1.807) is 6.08 Å². The zero-order valence-corrected chi connectivity index (χ0v) is 15.7. The summed E-state index contributed by atoms with van der Waals surface area (Å²) in [6, 6.07) is 9.43. The highest BCUT2D eigenvalue weighted by Crippen LogP contribution is 2.10. The van der Waals surface area contributed by atoms with E-state index in [1.807, 2.05) is 37.3 Å². The first-order chi connectivity index (χ1) is 11.7. The van der Waals surface area contributed by atoms with Crippen molar-refractivity contribution in [2.75, 3.05) is 6.54 Å². The van der Waals surface area contributed by atoms with Gasteiger partial charge in [0.2, 0.25) is 0 Å². The molecule has 0 fully saturated rings. The molecule has 24 heavy (non-hydrogen) atoms. The maximum atomic E-state index is 12.0. The van der Waals surface area contributed by atoms with Gasteiger partial charge >= 0.3 is 0 Å². The number of benzene rings is 1. The summed E-state index contributed by atoms with van der Waals surface area (Å²) in [5.74, 6) is 0.0728. The highest BCUT2D eigenvalue weighted by molar-refractivity contribution is 6.04. The van der Waals surface area contributed by atoms with Gasteiger partial charge in [0.25, 0.3) is 0 Å². The molecule has 2 nitrogen and oxygen atoms in total. The van der Waals surface area contributed by atoms with E-state index in [4.69, 9.17) is 0 Å². The Kier molecular flexibility index (Phi) is 11.8. The molecule has 0 amide bonds. The molecule has 0 aliphatic rings. The van der Waals surface area contributed by atoms with Crippen molar-refractivity contribution >= 4 is 5.78 Å². The maximum absolute atomic E-state index is 12.0. The molecule has 0 saturated carbocycles. The van der Waals surface area contributed by atoms with Crippen LogP contribution in [-0.4, -0.2) is 12.3 Å². The summed E-state index contributed by atoms with van der Waals surface area (Å²) in [4.78, 5) is 12.0. The van der Waals surface area contributed by atoms with Crippen LogP contribution in [0.3, 0.4) is 0 Å². The predicted molar refractivity (Wildman–Crippen MR) is 104 cm³/mol. The standard InChI is InChI=1S/C22H35NO/c1-3-4-5-6-7-8-9-10-11-15-18-23-20(2)19-22(24)21-16-13-12-14-17-21/h12-14,16-17,19,23H,3-11,15,18H2,1-2H3/b20-19-. The smallest absolute Gasteiger partial charge is 0.187 e. The minimum atomic E-state index is 0.0728. The van der Waals surface area contributed by atoms with Crippen LogP contribution in [0.2, 0.25) is 0 Å². The van der Waals surface area contributed by atoms with Crippen LogP contribution in [0.25, 0.3) is 0 Å². The summed E-state index contributed by atoms with van der Waals surface area (Å²) in [5, 5.41) is 3.35. The third kappa shape index (κ3) is 10.3. The SMILES string of the molecule is CCCCCCCCCCCCN/C(C)=C\C(=O)c1ccccc1. The van der Waals surface area contributed by atoms with Gasteiger partial charge in [0, 0.05) is 23.9 Å². The lowest BCUT2D eigenvalue weighted by atomic mass is 10.1. The lowest BCUT2D eigenvalue weighted by Gasteiger charge is -2.06. The molecule has 0 aliphatic carbocycles. The fourth-order valence-electron chi connectivity index (χ4n) is 2.83. The van der Waals surface area contributed by atoms with Crippen LogP contribution in [0.4, 0.5) is 0 Å². The third-order valence-corrected chi connectivity index (χ3v) is 4.34. The van der Waals surface area contributed by atoms with Crippen molar-refractivity contribution in [1.82, 2.24) is 5.32 Å². The minimum absolute atomic E-state index is 0.0728. The first kappa shape index (κ1) is 20.5. The van der Waals surface area contributed by atoms with Crippen molar-refractivity contribution in [1.29, 1.82) is 0 Å². The van der Waals surface area contributed by atoms with Crippen LogP contribution in [0.1, 0.15) is 88.4 Å². The topological polar surface area (TPSA) is 29.1 Å². The van der Waals surface area contributed by atoms with E-state index >= 15 is 0 Å². The third-order valence-electron chi connectivity index (χ3n) is 4.34. The highest BCUT2D eigenvalue weighted by atomic mass is 16.1. The molecule has 134 valence electrons. The number of carbonyl (C=O) groups excluding carboxylic acids is 1. The summed E-state index contributed by atoms with van der Waals surface area (Å²) >= 11 is 0. The molecule has 0 radical (unpaired) electrons. The van der Waals surface area contributed by atoms with Gasteiger partial charge in [-0.05, 0) is 13.3 Å². The van der Waals surface area contributed by atoms with Crippen molar-refractivity contribution in [2.45, 2.75) is 78.1 Å². The molecule has 1 N–H and O–H groups in total. The lowest BCUT2D eigenvalue weighted by Crippen LogP contribution is -2.14. The number of nitrogens with one attached hydrogen (secondary N) is 1. The van der Waals surface area contributed by atoms with Crippen molar-refractivity contribution in [3.05, 3.63) is 47.7 Å². The zero-order valence-electron chi connectivity index (χ0n) is 15.7. The Morgan fingerprint density at radius 2 is 1.42 bits per heavy atom. The molecule has 0 aliphatic heterocycles. The molecular weight excluding hydrogens is 294 g/mol. The molecule has 1 aromatic rings. The fourth-order valence-corrected chi connectivity index (χ4v) is 2.83. The summed E-state index contributed by atoms with van der Waals surface area (Å²) in [7, 11) is 0. The monoisotopic (exact) mass is 329 g/mol. The number of unbranched alkanes of at least 4 members (excludes halogenated alkanes) is 9. The second kappa shape index (κ2) is 13.8. The van der Waals surface area contributed by atoms with Crippen LogP contribution in [0.15, 0.2) is 42.1 Å². The molecule has 1 aromatic carbocycles. The van der Waals surface area contributed by atoms with Crippen molar-refractivity contribution in [3.63, 3.8) is 0 Å². The molecule has 0 unspecified atom stereocenters. The number of carbonyl (C=O) groups is 1. The predicted octanol–water partition coefficient (Wildman–Crippen LogP) is 6.28. The Balaban J connectivity index is 2.00. The van der Waals surface area contributed by atoms with Gasteiger partial charge in [-0.25, -0.2) is 0 Å². The molecule has 2 heteroatoms. The van der Waals surface area contributed by atoms with Gasteiger partial charge in [-0.15, -0.1) is 0 Å². The van der Waals surface area contributed by atoms with Crippen LogP contribution < -0.4 is 5.32 Å². The fraction of sp³-hybridized carbons (Fsp3) is 0.591. The zero-order chi connectivity index (χ0) is 17.5. The second-order valence-corrected chi connectivity index (χ2v) is 6.67. The van der Waals surface area contributed by atoms with Gasteiger partial charge in [-0.1, -0.05) is 95.0 Å². The molecule has 1 rings (SSSR count). The summed E-state index contributed by atoms with van der Waals surface area (Å²) in [5.41, 5.74) is 1.71. The summed E-state index contributed by atoms with van der Waals surface area (Å²) in [6.45, 7) is 5.20. The largest absolute Gasteiger partial charge is 0.388 e. The molecular formula is C22H35NO. The second-order valence-electron chi connectivity index (χ2n) is 6.67. The number of hydrogen-bond acceptors (Lipinski definition) is 2. The van der Waals surface area contributed by atoms with E-state index in [2.05, 4.69) is 12.2 Å². The van der Waals surface area contributed by atoms with Crippen LogP contribution in [0, 0.1) is 0 Å². The number of allylic oxidation sites excluding steroid dienone is 2. The first-order valence-electron chi connectivity index (χ1n) is 9.75. The van der Waals surface area contributed by atoms with Gasteiger partial charge in [0.05, 0.1) is 0 Å². The van der Waals surface area contributed by atoms with Gasteiger partial charge in [0.1, 0.15) is 0 Å². The quantitative estimate of drug-likeness (QED) is 0.247. The number of ketones is 1. The maximum Gasteiger partial charge on any atom is 0.187 e. The van der Waals surface area contributed by atoms with E-state index in [9.17, 15) is 4.79 Å². The van der Waals surface area contributed by atoms with E-state index in [-0.39, 0.29) is 5.78 Å². The number of hydrogen-bond donors (Lipinski definition) is 1. The van der Waals surface area contributed by atoms with Crippen LogP contribution in [0.5, 0.6) is 0 Å². The normalized spacial score (nSPS) is 11.5. The van der Waals surface area contributed by atoms with E-state index in [0.717, 1.165) is 17.8 Å². The first-order valence-corrected chi connectivity index (χ1v) is 9.75. The van der Waals surface area contributed by atoms with E-state index < -0.39 is 0 Å². The van der Waals surface area contributed by atoms with E-state index in [1.165, 1.54) is 64.2 Å². The molecule has 0 saturated heterocycles. The Bertz CT molecular complexity index is 464. The van der Waals surface area contributed by atoms with Gasteiger partial charge in [0.15, 0.2) is 5.78 Å². The molecule has 0 aromatic heterocycles. The molecule has 0 bridgehead atoms. The van der Waals surface area contributed by atoms with Crippen LogP contribution >= 0.6 is 0 Å². The van der Waals surface area contributed by atoms with Crippen molar-refractivity contribution < 1.29 is 4.79 Å².